The van der Waals surface area contributed by atoms with Gasteiger partial charge in [-0.25, -0.2) is 4.79 Å². The van der Waals surface area contributed by atoms with Crippen molar-refractivity contribution < 1.29 is 19.4 Å². The highest BCUT2D eigenvalue weighted by molar-refractivity contribution is 5.84. The van der Waals surface area contributed by atoms with Gasteiger partial charge < -0.3 is 14.6 Å². The van der Waals surface area contributed by atoms with Crippen molar-refractivity contribution >= 4 is 5.97 Å². The molecule has 0 amide bonds. The molecule has 4 heteroatoms. The molecule has 2 N–H and O–H groups in total. The van der Waals surface area contributed by atoms with Gasteiger partial charge in [-0.1, -0.05) is 0 Å². The first-order chi connectivity index (χ1) is 4.20. The monoisotopic (exact) mass is 128 g/mol. The van der Waals surface area contributed by atoms with Crippen LogP contribution in [0.1, 0.15) is 10.6 Å². The summed E-state index contributed by atoms with van der Waals surface area (Å²) < 4.78 is 4.38. The number of aromatic hydroxyl groups is 1. The van der Waals surface area contributed by atoms with E-state index in [4.69, 9.17) is 10.2 Å². The highest BCUT2D eigenvalue weighted by Gasteiger charge is 2.06. The molecule has 0 aliphatic rings. The van der Waals surface area contributed by atoms with Crippen molar-refractivity contribution in [1.29, 1.82) is 0 Å². The summed E-state index contributed by atoms with van der Waals surface area (Å²) in [6, 6.07) is 1.03. The van der Waals surface area contributed by atoms with E-state index >= 15 is 0 Å². The lowest BCUT2D eigenvalue weighted by atomic mass is 10.4. The molecule has 1 rings (SSSR count). The summed E-state index contributed by atoms with van der Waals surface area (Å²) in [7, 11) is 0. The standard InChI is InChI=1S/C5H4O4/c6-3-1-4(5(7)8)9-2-3/h1-2,6H,(H,7,8). The summed E-state index contributed by atoms with van der Waals surface area (Å²) in [5.74, 6) is -1.62. The maximum atomic E-state index is 10.0. The second kappa shape index (κ2) is 1.81. The summed E-state index contributed by atoms with van der Waals surface area (Å²) >= 11 is 0. The van der Waals surface area contributed by atoms with Crippen molar-refractivity contribution in [3.8, 4) is 5.75 Å². The van der Waals surface area contributed by atoms with Crippen molar-refractivity contribution in [3.63, 3.8) is 0 Å². The molecule has 1 aromatic heterocycles. The van der Waals surface area contributed by atoms with E-state index in [1.165, 1.54) is 0 Å². The number of carboxylic acids is 1. The maximum Gasteiger partial charge on any atom is 0.371 e. The van der Waals surface area contributed by atoms with Gasteiger partial charge in [-0.3, -0.25) is 0 Å². The third-order valence-electron chi connectivity index (χ3n) is 0.796. The van der Waals surface area contributed by atoms with Gasteiger partial charge in [-0.05, 0) is 0 Å². The van der Waals surface area contributed by atoms with E-state index in [0.29, 0.717) is 0 Å². The van der Waals surface area contributed by atoms with Crippen LogP contribution in [0.25, 0.3) is 0 Å². The van der Waals surface area contributed by atoms with Crippen molar-refractivity contribution in [2.75, 3.05) is 0 Å². The quantitative estimate of drug-likeness (QED) is 0.583. The molecule has 0 aliphatic carbocycles. The Balaban J connectivity index is 2.98. The Morgan fingerprint density at radius 3 is 2.56 bits per heavy atom. The van der Waals surface area contributed by atoms with Crippen LogP contribution in [-0.2, 0) is 0 Å². The average Bonchev–Trinajstić information content (AvgIpc) is 2.14. The van der Waals surface area contributed by atoms with Crippen LogP contribution in [-0.4, -0.2) is 16.2 Å². The molecule has 0 atom stereocenters. The molecular formula is C5H4O4. The molecule has 0 unspecified atom stereocenters. The lowest BCUT2D eigenvalue weighted by Crippen LogP contribution is -1.91. The molecule has 0 aliphatic heterocycles. The molecule has 1 aromatic rings. The topological polar surface area (TPSA) is 70.7 Å². The van der Waals surface area contributed by atoms with E-state index in [9.17, 15) is 4.79 Å². The normalized spacial score (nSPS) is 9.33. The van der Waals surface area contributed by atoms with E-state index in [0.717, 1.165) is 12.3 Å². The molecule has 48 valence electrons. The molecule has 0 radical (unpaired) electrons. The van der Waals surface area contributed by atoms with E-state index in [1.54, 1.807) is 0 Å². The van der Waals surface area contributed by atoms with Gasteiger partial charge in [0.1, 0.15) is 6.26 Å². The minimum atomic E-state index is -1.18. The zero-order chi connectivity index (χ0) is 6.85. The van der Waals surface area contributed by atoms with Crippen LogP contribution < -0.4 is 0 Å². The van der Waals surface area contributed by atoms with E-state index in [-0.39, 0.29) is 11.5 Å². The summed E-state index contributed by atoms with van der Waals surface area (Å²) in [5.41, 5.74) is 0. The van der Waals surface area contributed by atoms with Gasteiger partial charge >= 0.3 is 5.97 Å². The summed E-state index contributed by atoms with van der Waals surface area (Å²) in [4.78, 5) is 10.0. The molecular weight excluding hydrogens is 124 g/mol. The van der Waals surface area contributed by atoms with Gasteiger partial charge in [0.05, 0.1) is 0 Å². The fourth-order valence-electron chi connectivity index (χ4n) is 0.438. The van der Waals surface area contributed by atoms with E-state index in [1.807, 2.05) is 0 Å². The first kappa shape index (κ1) is 5.68. The number of hydrogen-bond donors (Lipinski definition) is 2. The minimum absolute atomic E-state index is 0.174. The zero-order valence-electron chi connectivity index (χ0n) is 4.37. The van der Waals surface area contributed by atoms with Crippen LogP contribution in [0.2, 0.25) is 0 Å². The van der Waals surface area contributed by atoms with Crippen molar-refractivity contribution in [1.82, 2.24) is 0 Å². The van der Waals surface area contributed by atoms with Crippen molar-refractivity contribution in [2.45, 2.75) is 0 Å². The molecule has 0 saturated heterocycles. The Morgan fingerprint density at radius 2 is 2.33 bits per heavy atom. The van der Waals surface area contributed by atoms with Gasteiger partial charge in [-0.2, -0.15) is 0 Å². The summed E-state index contributed by atoms with van der Waals surface area (Å²) in [6.07, 6.45) is 0.962. The molecule has 0 fully saturated rings. The number of aromatic carboxylic acids is 1. The van der Waals surface area contributed by atoms with Crippen molar-refractivity contribution in [2.24, 2.45) is 0 Å². The van der Waals surface area contributed by atoms with Gasteiger partial charge in [-0.15, -0.1) is 0 Å². The zero-order valence-corrected chi connectivity index (χ0v) is 4.37. The third kappa shape index (κ3) is 1.02. The molecule has 0 aromatic carbocycles. The van der Waals surface area contributed by atoms with Gasteiger partial charge in [0.25, 0.3) is 0 Å². The first-order valence-corrected chi connectivity index (χ1v) is 2.21. The molecule has 9 heavy (non-hydrogen) atoms. The number of furan rings is 1. The van der Waals surface area contributed by atoms with E-state index in [2.05, 4.69) is 4.42 Å². The summed E-state index contributed by atoms with van der Waals surface area (Å²) in [5, 5.41) is 16.7. The predicted octanol–water partition coefficient (Wildman–Crippen LogP) is 0.683. The Bertz CT molecular complexity index is 225. The predicted molar refractivity (Wildman–Crippen MR) is 27.3 cm³/mol. The smallest absolute Gasteiger partial charge is 0.371 e. The van der Waals surface area contributed by atoms with Crippen LogP contribution in [0.15, 0.2) is 16.7 Å². The van der Waals surface area contributed by atoms with Gasteiger partial charge in [0, 0.05) is 6.07 Å². The Kier molecular flexibility index (Phi) is 1.14. The minimum Gasteiger partial charge on any atom is -0.505 e. The van der Waals surface area contributed by atoms with Crippen LogP contribution >= 0.6 is 0 Å². The lowest BCUT2D eigenvalue weighted by Gasteiger charge is -1.78. The number of carbonyl (C=O) groups is 1. The summed E-state index contributed by atoms with van der Waals surface area (Å²) in [6.45, 7) is 0. The molecule has 0 spiro atoms. The highest BCUT2D eigenvalue weighted by atomic mass is 16.4. The average molecular weight is 128 g/mol. The maximum absolute atomic E-state index is 10.0. The fourth-order valence-corrected chi connectivity index (χ4v) is 0.438. The van der Waals surface area contributed by atoms with Crippen LogP contribution in [0.5, 0.6) is 5.75 Å². The number of rotatable bonds is 1. The van der Waals surface area contributed by atoms with Crippen LogP contribution in [0.4, 0.5) is 0 Å². The third-order valence-corrected chi connectivity index (χ3v) is 0.796. The molecule has 0 bridgehead atoms. The Hall–Kier alpha value is -1.45. The number of hydrogen-bond acceptors (Lipinski definition) is 3. The Labute approximate surface area is 50.3 Å². The van der Waals surface area contributed by atoms with Crippen LogP contribution in [0, 0.1) is 0 Å². The second-order valence-corrected chi connectivity index (χ2v) is 1.47. The Morgan fingerprint density at radius 1 is 1.67 bits per heavy atom. The van der Waals surface area contributed by atoms with Gasteiger partial charge in [0.2, 0.25) is 5.76 Å². The van der Waals surface area contributed by atoms with Crippen LogP contribution in [0.3, 0.4) is 0 Å². The van der Waals surface area contributed by atoms with E-state index < -0.39 is 5.97 Å². The molecule has 4 nitrogen and oxygen atoms in total. The molecule has 1 heterocycles. The van der Waals surface area contributed by atoms with Crippen molar-refractivity contribution in [3.05, 3.63) is 18.1 Å². The molecule has 0 saturated carbocycles. The fraction of sp³-hybridized carbons (Fsp3) is 0. The van der Waals surface area contributed by atoms with Gasteiger partial charge in [0.15, 0.2) is 5.75 Å². The highest BCUT2D eigenvalue weighted by Crippen LogP contribution is 2.12. The second-order valence-electron chi connectivity index (χ2n) is 1.47. The number of carboxylic acid groups (broad SMARTS) is 1. The largest absolute Gasteiger partial charge is 0.505 e. The lowest BCUT2D eigenvalue weighted by molar-refractivity contribution is 0.0662. The first-order valence-electron chi connectivity index (χ1n) is 2.21. The SMILES string of the molecule is O=C(O)c1cc(O)co1.